The van der Waals surface area contributed by atoms with E-state index < -0.39 is 0 Å². The number of nitrogens with zero attached hydrogens (tertiary/aromatic N) is 1. The predicted molar refractivity (Wildman–Crippen MR) is 81.4 cm³/mol. The fraction of sp³-hybridized carbons (Fsp3) is 0.600. The standard InChI is InChI=1S/C15H25N3O/c1-18-9-5-6-12-10-13(19-2)11-14(15(12)18)17-8-4-3-7-16/h10-11,17H,3-9,16H2,1-2H3. The van der Waals surface area contributed by atoms with Crippen LogP contribution in [0.25, 0.3) is 0 Å². The van der Waals surface area contributed by atoms with Crippen LogP contribution in [0.2, 0.25) is 0 Å². The molecule has 1 aliphatic rings. The normalized spacial score (nSPS) is 14.2. The smallest absolute Gasteiger partial charge is 0.121 e. The molecule has 0 bridgehead atoms. The third-order valence-corrected chi connectivity index (χ3v) is 3.67. The van der Waals surface area contributed by atoms with Gasteiger partial charge < -0.3 is 20.7 Å². The van der Waals surface area contributed by atoms with Crippen molar-refractivity contribution >= 4 is 11.4 Å². The first-order valence-electron chi connectivity index (χ1n) is 7.12. The van der Waals surface area contributed by atoms with E-state index >= 15 is 0 Å². The van der Waals surface area contributed by atoms with Gasteiger partial charge in [0.1, 0.15) is 5.75 Å². The minimum Gasteiger partial charge on any atom is -0.497 e. The van der Waals surface area contributed by atoms with Crippen LogP contribution in [-0.4, -0.2) is 33.8 Å². The highest BCUT2D eigenvalue weighted by molar-refractivity contribution is 5.76. The van der Waals surface area contributed by atoms with Gasteiger partial charge >= 0.3 is 0 Å². The van der Waals surface area contributed by atoms with Crippen LogP contribution in [0.3, 0.4) is 0 Å². The fourth-order valence-electron chi connectivity index (χ4n) is 2.67. The van der Waals surface area contributed by atoms with E-state index in [2.05, 4.69) is 29.4 Å². The molecule has 0 saturated heterocycles. The number of nitrogens with one attached hydrogen (secondary N) is 1. The minimum absolute atomic E-state index is 0.762. The summed E-state index contributed by atoms with van der Waals surface area (Å²) in [6, 6.07) is 4.26. The second-order valence-electron chi connectivity index (χ2n) is 5.13. The topological polar surface area (TPSA) is 50.5 Å². The molecule has 2 rings (SSSR count). The summed E-state index contributed by atoms with van der Waals surface area (Å²) in [5.74, 6) is 0.940. The fourth-order valence-corrected chi connectivity index (χ4v) is 2.67. The number of nitrogens with two attached hydrogens (primary N) is 1. The molecule has 0 spiro atoms. The van der Waals surface area contributed by atoms with Crippen molar-refractivity contribution in [2.45, 2.75) is 25.7 Å². The van der Waals surface area contributed by atoms with Gasteiger partial charge in [0.25, 0.3) is 0 Å². The van der Waals surface area contributed by atoms with Gasteiger partial charge in [-0.3, -0.25) is 0 Å². The molecule has 106 valence electrons. The molecule has 0 saturated carbocycles. The lowest BCUT2D eigenvalue weighted by atomic mass is 10.00. The lowest BCUT2D eigenvalue weighted by Gasteiger charge is -2.30. The Morgan fingerprint density at radius 3 is 2.95 bits per heavy atom. The molecule has 0 unspecified atom stereocenters. The van der Waals surface area contributed by atoms with Gasteiger partial charge in [-0.1, -0.05) is 0 Å². The molecule has 4 nitrogen and oxygen atoms in total. The average molecular weight is 263 g/mol. The molecule has 19 heavy (non-hydrogen) atoms. The van der Waals surface area contributed by atoms with Crippen LogP contribution < -0.4 is 20.7 Å². The third kappa shape index (κ3) is 3.32. The maximum absolute atomic E-state index is 5.53. The summed E-state index contributed by atoms with van der Waals surface area (Å²) in [4.78, 5) is 2.34. The van der Waals surface area contributed by atoms with Crippen LogP contribution in [0, 0.1) is 0 Å². The van der Waals surface area contributed by atoms with Crippen molar-refractivity contribution in [3.05, 3.63) is 17.7 Å². The summed E-state index contributed by atoms with van der Waals surface area (Å²) in [5, 5.41) is 3.54. The Morgan fingerprint density at radius 1 is 1.37 bits per heavy atom. The van der Waals surface area contributed by atoms with Gasteiger partial charge in [0.15, 0.2) is 0 Å². The van der Waals surface area contributed by atoms with E-state index in [1.54, 1.807) is 7.11 Å². The van der Waals surface area contributed by atoms with Gasteiger partial charge in [0, 0.05) is 26.2 Å². The Labute approximate surface area is 115 Å². The van der Waals surface area contributed by atoms with Gasteiger partial charge in [-0.15, -0.1) is 0 Å². The van der Waals surface area contributed by atoms with Crippen LogP contribution in [-0.2, 0) is 6.42 Å². The van der Waals surface area contributed by atoms with Gasteiger partial charge in [-0.25, -0.2) is 0 Å². The SMILES string of the molecule is COc1cc2c(c(NCCCCN)c1)N(C)CCC2. The number of ether oxygens (including phenoxy) is 1. The number of anilines is 2. The monoisotopic (exact) mass is 263 g/mol. The van der Waals surface area contributed by atoms with Crippen molar-refractivity contribution in [1.82, 2.24) is 0 Å². The van der Waals surface area contributed by atoms with E-state index in [9.17, 15) is 0 Å². The van der Waals surface area contributed by atoms with E-state index in [4.69, 9.17) is 10.5 Å². The van der Waals surface area contributed by atoms with E-state index in [0.29, 0.717) is 0 Å². The molecule has 1 aliphatic heterocycles. The average Bonchev–Trinajstić information content (AvgIpc) is 2.43. The number of unbranched alkanes of at least 4 members (excludes halogenated alkanes) is 1. The first-order chi connectivity index (χ1) is 9.26. The summed E-state index contributed by atoms with van der Waals surface area (Å²) >= 11 is 0. The van der Waals surface area contributed by atoms with Crippen LogP contribution in [0.1, 0.15) is 24.8 Å². The van der Waals surface area contributed by atoms with E-state index in [0.717, 1.165) is 44.6 Å². The van der Waals surface area contributed by atoms with E-state index in [-0.39, 0.29) is 0 Å². The van der Waals surface area contributed by atoms with Gasteiger partial charge in [0.05, 0.1) is 18.5 Å². The molecule has 0 aromatic heterocycles. The first kappa shape index (κ1) is 14.0. The Balaban J connectivity index is 2.19. The highest BCUT2D eigenvalue weighted by atomic mass is 16.5. The van der Waals surface area contributed by atoms with Crippen molar-refractivity contribution in [3.8, 4) is 5.75 Å². The summed E-state index contributed by atoms with van der Waals surface area (Å²) in [6.07, 6.45) is 4.51. The molecule has 0 atom stereocenters. The number of rotatable bonds is 6. The molecule has 0 aliphatic carbocycles. The van der Waals surface area contributed by atoms with E-state index in [1.165, 1.54) is 23.4 Å². The summed E-state index contributed by atoms with van der Waals surface area (Å²) in [6.45, 7) is 2.85. The van der Waals surface area contributed by atoms with Crippen molar-refractivity contribution < 1.29 is 4.74 Å². The van der Waals surface area contributed by atoms with Crippen molar-refractivity contribution in [2.75, 3.05) is 44.0 Å². The number of methoxy groups -OCH3 is 1. The predicted octanol–water partition coefficient (Wildman–Crippen LogP) is 2.23. The lowest BCUT2D eigenvalue weighted by Crippen LogP contribution is -2.26. The zero-order valence-corrected chi connectivity index (χ0v) is 12.0. The second kappa shape index (κ2) is 6.66. The Morgan fingerprint density at radius 2 is 2.21 bits per heavy atom. The van der Waals surface area contributed by atoms with Gasteiger partial charge in [0.2, 0.25) is 0 Å². The Hall–Kier alpha value is -1.42. The van der Waals surface area contributed by atoms with Crippen LogP contribution in [0.15, 0.2) is 12.1 Å². The van der Waals surface area contributed by atoms with Crippen LogP contribution in [0.4, 0.5) is 11.4 Å². The molecule has 1 heterocycles. The van der Waals surface area contributed by atoms with E-state index in [1.807, 2.05) is 0 Å². The Kier molecular flexibility index (Phi) is 4.91. The molecular formula is C15H25N3O. The van der Waals surface area contributed by atoms with Gasteiger partial charge in [-0.05, 0) is 43.9 Å². The highest BCUT2D eigenvalue weighted by Crippen LogP contribution is 2.37. The summed E-state index contributed by atoms with van der Waals surface area (Å²) in [7, 11) is 3.89. The first-order valence-corrected chi connectivity index (χ1v) is 7.12. The maximum Gasteiger partial charge on any atom is 0.121 e. The van der Waals surface area contributed by atoms with Crippen molar-refractivity contribution in [3.63, 3.8) is 0 Å². The molecule has 0 amide bonds. The zero-order chi connectivity index (χ0) is 13.7. The molecule has 4 heteroatoms. The summed E-state index contributed by atoms with van der Waals surface area (Å²) in [5.41, 5.74) is 9.44. The molecule has 0 fully saturated rings. The molecule has 1 aromatic rings. The maximum atomic E-state index is 5.53. The lowest BCUT2D eigenvalue weighted by molar-refractivity contribution is 0.414. The van der Waals surface area contributed by atoms with Crippen LogP contribution in [0.5, 0.6) is 5.75 Å². The Bertz CT molecular complexity index is 420. The zero-order valence-electron chi connectivity index (χ0n) is 12.0. The second-order valence-corrected chi connectivity index (χ2v) is 5.13. The number of hydrogen-bond acceptors (Lipinski definition) is 4. The van der Waals surface area contributed by atoms with Gasteiger partial charge in [-0.2, -0.15) is 0 Å². The van der Waals surface area contributed by atoms with Crippen molar-refractivity contribution in [1.29, 1.82) is 0 Å². The number of fused-ring (bicyclic) bond motifs is 1. The quantitative estimate of drug-likeness (QED) is 0.773. The van der Waals surface area contributed by atoms with Crippen molar-refractivity contribution in [2.24, 2.45) is 5.73 Å². The molecule has 0 radical (unpaired) electrons. The molecule has 1 aromatic carbocycles. The molecular weight excluding hydrogens is 238 g/mol. The number of hydrogen-bond donors (Lipinski definition) is 2. The van der Waals surface area contributed by atoms with Crippen LogP contribution >= 0.6 is 0 Å². The third-order valence-electron chi connectivity index (χ3n) is 3.67. The minimum atomic E-state index is 0.762. The largest absolute Gasteiger partial charge is 0.497 e. The highest BCUT2D eigenvalue weighted by Gasteiger charge is 2.18. The number of benzene rings is 1. The molecule has 3 N–H and O–H groups in total. The summed E-state index contributed by atoms with van der Waals surface area (Å²) < 4.78 is 5.41. The number of aryl methyl sites for hydroxylation is 1.